The van der Waals surface area contributed by atoms with Crippen LogP contribution in [0.3, 0.4) is 0 Å². The highest BCUT2D eigenvalue weighted by Gasteiger charge is 2.30. The first-order chi connectivity index (χ1) is 9.45. The Morgan fingerprint density at radius 1 is 1.50 bits per heavy atom. The van der Waals surface area contributed by atoms with Gasteiger partial charge in [-0.3, -0.25) is 9.69 Å². The standard InChI is InChI=1S/C15H22FN3O/c1-10(2)8-19(12-4-5-12)9-15(20)18-14-7-11(17)3-6-13(14)16/h3,6-7,10,12H,4-5,8-9,17H2,1-2H3,(H,18,20). The first-order valence-electron chi connectivity index (χ1n) is 7.04. The Morgan fingerprint density at radius 3 is 2.80 bits per heavy atom. The largest absolute Gasteiger partial charge is 0.399 e. The van der Waals surface area contributed by atoms with Gasteiger partial charge in [-0.05, 0) is 37.0 Å². The Hall–Kier alpha value is -1.62. The fourth-order valence-electron chi connectivity index (χ4n) is 2.26. The Labute approximate surface area is 119 Å². The number of benzene rings is 1. The number of nitrogens with one attached hydrogen (secondary N) is 1. The molecule has 2 rings (SSSR count). The van der Waals surface area contributed by atoms with E-state index in [1.165, 1.54) is 18.2 Å². The highest BCUT2D eigenvalue weighted by Crippen LogP contribution is 2.27. The molecule has 110 valence electrons. The quantitative estimate of drug-likeness (QED) is 0.786. The zero-order valence-electron chi connectivity index (χ0n) is 12.0. The Balaban J connectivity index is 1.95. The van der Waals surface area contributed by atoms with Crippen LogP contribution in [0.25, 0.3) is 0 Å². The number of hydrogen-bond acceptors (Lipinski definition) is 3. The zero-order valence-corrected chi connectivity index (χ0v) is 12.0. The molecular weight excluding hydrogens is 257 g/mol. The van der Waals surface area contributed by atoms with Crippen LogP contribution in [0.1, 0.15) is 26.7 Å². The summed E-state index contributed by atoms with van der Waals surface area (Å²) in [6.07, 6.45) is 2.29. The Bertz CT molecular complexity index is 486. The Kier molecular flexibility index (Phi) is 4.60. The van der Waals surface area contributed by atoms with Crippen LogP contribution in [-0.2, 0) is 4.79 Å². The van der Waals surface area contributed by atoms with E-state index in [1.807, 2.05) is 0 Å². The number of hydrogen-bond donors (Lipinski definition) is 2. The topological polar surface area (TPSA) is 58.4 Å². The predicted molar refractivity (Wildman–Crippen MR) is 78.9 cm³/mol. The number of halogens is 1. The smallest absolute Gasteiger partial charge is 0.238 e. The summed E-state index contributed by atoms with van der Waals surface area (Å²) in [6.45, 7) is 5.45. The second-order valence-electron chi connectivity index (χ2n) is 5.84. The molecule has 1 aromatic carbocycles. The van der Waals surface area contributed by atoms with Crippen molar-refractivity contribution in [2.75, 3.05) is 24.1 Å². The molecule has 0 spiro atoms. The lowest BCUT2D eigenvalue weighted by Crippen LogP contribution is -2.37. The van der Waals surface area contributed by atoms with Gasteiger partial charge >= 0.3 is 0 Å². The van der Waals surface area contributed by atoms with E-state index in [0.29, 0.717) is 24.2 Å². The highest BCUT2D eigenvalue weighted by atomic mass is 19.1. The van der Waals surface area contributed by atoms with Gasteiger partial charge in [0.15, 0.2) is 0 Å². The second kappa shape index (κ2) is 6.22. The SMILES string of the molecule is CC(C)CN(CC(=O)Nc1cc(N)ccc1F)C1CC1. The summed E-state index contributed by atoms with van der Waals surface area (Å²) in [4.78, 5) is 14.2. The fourth-order valence-corrected chi connectivity index (χ4v) is 2.26. The lowest BCUT2D eigenvalue weighted by molar-refractivity contribution is -0.117. The van der Waals surface area contributed by atoms with E-state index < -0.39 is 5.82 Å². The summed E-state index contributed by atoms with van der Waals surface area (Å²) in [5.74, 6) is -0.149. The maximum atomic E-state index is 13.6. The maximum Gasteiger partial charge on any atom is 0.238 e. The molecule has 0 heterocycles. The number of anilines is 2. The molecule has 1 amide bonds. The van der Waals surface area contributed by atoms with Crippen molar-refractivity contribution in [3.8, 4) is 0 Å². The van der Waals surface area contributed by atoms with Crippen molar-refractivity contribution in [2.45, 2.75) is 32.7 Å². The average Bonchev–Trinajstić information content (AvgIpc) is 3.16. The summed E-state index contributed by atoms with van der Waals surface area (Å²) in [5.41, 5.74) is 6.18. The first kappa shape index (κ1) is 14.8. The molecule has 0 aromatic heterocycles. The number of nitrogen functional groups attached to an aromatic ring is 1. The molecule has 0 bridgehead atoms. The molecule has 0 radical (unpaired) electrons. The molecule has 1 fully saturated rings. The molecule has 1 aliphatic rings. The highest BCUT2D eigenvalue weighted by molar-refractivity contribution is 5.92. The van der Waals surface area contributed by atoms with Crippen molar-refractivity contribution in [3.05, 3.63) is 24.0 Å². The monoisotopic (exact) mass is 279 g/mol. The van der Waals surface area contributed by atoms with Crippen LogP contribution < -0.4 is 11.1 Å². The number of nitrogens with two attached hydrogens (primary N) is 1. The van der Waals surface area contributed by atoms with Gasteiger partial charge in [-0.2, -0.15) is 0 Å². The average molecular weight is 279 g/mol. The van der Waals surface area contributed by atoms with Crippen LogP contribution in [-0.4, -0.2) is 29.9 Å². The molecule has 0 unspecified atom stereocenters. The predicted octanol–water partition coefficient (Wildman–Crippen LogP) is 2.47. The van der Waals surface area contributed by atoms with Crippen LogP contribution in [0, 0.1) is 11.7 Å². The molecular formula is C15H22FN3O. The van der Waals surface area contributed by atoms with Crippen LogP contribution in [0.15, 0.2) is 18.2 Å². The van der Waals surface area contributed by atoms with E-state index in [1.54, 1.807) is 0 Å². The summed E-state index contributed by atoms with van der Waals surface area (Å²) in [6, 6.07) is 4.68. The molecule has 1 saturated carbocycles. The van der Waals surface area contributed by atoms with Gasteiger partial charge in [0.05, 0.1) is 12.2 Å². The molecule has 0 saturated heterocycles. The molecule has 1 aromatic rings. The summed E-state index contributed by atoms with van der Waals surface area (Å²) < 4.78 is 13.6. The van der Waals surface area contributed by atoms with Crippen LogP contribution in [0.2, 0.25) is 0 Å². The van der Waals surface area contributed by atoms with E-state index in [4.69, 9.17) is 5.73 Å². The number of carbonyl (C=O) groups excluding carboxylic acids is 1. The van der Waals surface area contributed by atoms with Crippen molar-refractivity contribution in [1.29, 1.82) is 0 Å². The van der Waals surface area contributed by atoms with Gasteiger partial charge in [0.1, 0.15) is 5.82 Å². The van der Waals surface area contributed by atoms with E-state index >= 15 is 0 Å². The summed E-state index contributed by atoms with van der Waals surface area (Å²) in [5, 5.41) is 2.60. The molecule has 3 N–H and O–H groups in total. The van der Waals surface area contributed by atoms with Crippen LogP contribution >= 0.6 is 0 Å². The van der Waals surface area contributed by atoms with Crippen LogP contribution in [0.4, 0.5) is 15.8 Å². The van der Waals surface area contributed by atoms with Crippen molar-refractivity contribution in [3.63, 3.8) is 0 Å². The minimum absolute atomic E-state index is 0.148. The van der Waals surface area contributed by atoms with Gasteiger partial charge in [-0.15, -0.1) is 0 Å². The van der Waals surface area contributed by atoms with Crippen LogP contribution in [0.5, 0.6) is 0 Å². The molecule has 0 aliphatic heterocycles. The zero-order chi connectivity index (χ0) is 14.7. The number of carbonyl (C=O) groups is 1. The lowest BCUT2D eigenvalue weighted by Gasteiger charge is -2.23. The molecule has 1 aliphatic carbocycles. The number of nitrogens with zero attached hydrogens (tertiary/aromatic N) is 1. The van der Waals surface area contributed by atoms with Crippen molar-refractivity contribution in [2.24, 2.45) is 5.92 Å². The van der Waals surface area contributed by atoms with Gasteiger partial charge < -0.3 is 11.1 Å². The minimum Gasteiger partial charge on any atom is -0.399 e. The van der Waals surface area contributed by atoms with Crippen molar-refractivity contribution < 1.29 is 9.18 Å². The summed E-state index contributed by atoms with van der Waals surface area (Å²) >= 11 is 0. The number of rotatable bonds is 6. The maximum absolute atomic E-state index is 13.6. The third-order valence-corrected chi connectivity index (χ3v) is 3.27. The lowest BCUT2D eigenvalue weighted by atomic mass is 10.2. The normalized spacial score (nSPS) is 14.8. The van der Waals surface area contributed by atoms with Gasteiger partial charge in [-0.25, -0.2) is 4.39 Å². The van der Waals surface area contributed by atoms with Gasteiger partial charge in [-0.1, -0.05) is 13.8 Å². The fraction of sp³-hybridized carbons (Fsp3) is 0.533. The minimum atomic E-state index is -0.464. The second-order valence-corrected chi connectivity index (χ2v) is 5.84. The van der Waals surface area contributed by atoms with Crippen molar-refractivity contribution >= 4 is 17.3 Å². The summed E-state index contributed by atoms with van der Waals surface area (Å²) in [7, 11) is 0. The van der Waals surface area contributed by atoms with Gasteiger partial charge in [0.25, 0.3) is 0 Å². The van der Waals surface area contributed by atoms with Crippen molar-refractivity contribution in [1.82, 2.24) is 4.90 Å². The molecule has 0 atom stereocenters. The molecule has 5 heteroatoms. The van der Waals surface area contributed by atoms with E-state index in [0.717, 1.165) is 19.4 Å². The molecule has 4 nitrogen and oxygen atoms in total. The van der Waals surface area contributed by atoms with E-state index in [-0.39, 0.29) is 11.6 Å². The number of amides is 1. The van der Waals surface area contributed by atoms with E-state index in [9.17, 15) is 9.18 Å². The van der Waals surface area contributed by atoms with Gasteiger partial charge in [0, 0.05) is 18.3 Å². The van der Waals surface area contributed by atoms with Gasteiger partial charge in [0.2, 0.25) is 5.91 Å². The Morgan fingerprint density at radius 2 is 2.20 bits per heavy atom. The third-order valence-electron chi connectivity index (χ3n) is 3.27. The first-order valence-corrected chi connectivity index (χ1v) is 7.04. The third kappa shape index (κ3) is 4.20. The van der Waals surface area contributed by atoms with E-state index in [2.05, 4.69) is 24.1 Å². The molecule has 20 heavy (non-hydrogen) atoms.